The third kappa shape index (κ3) is 4.11. The molecule has 1 aliphatic rings. The van der Waals surface area contributed by atoms with Gasteiger partial charge in [-0.25, -0.2) is 4.79 Å². The zero-order valence-corrected chi connectivity index (χ0v) is 21.3. The molecule has 5 nitrogen and oxygen atoms in total. The first-order valence-electron chi connectivity index (χ1n) is 10.6. The lowest BCUT2D eigenvalue weighted by atomic mass is 9.79. The molecule has 34 heavy (non-hydrogen) atoms. The Balaban J connectivity index is 1.92. The second-order valence-corrected chi connectivity index (χ2v) is 9.27. The van der Waals surface area contributed by atoms with E-state index in [0.717, 1.165) is 22.4 Å². The predicted molar refractivity (Wildman–Crippen MR) is 138 cm³/mol. The lowest BCUT2D eigenvalue weighted by Gasteiger charge is -2.38. The van der Waals surface area contributed by atoms with Crippen LogP contribution in [0, 0.1) is 0 Å². The molecule has 1 saturated heterocycles. The van der Waals surface area contributed by atoms with Crippen molar-refractivity contribution in [3.8, 4) is 5.75 Å². The van der Waals surface area contributed by atoms with Crippen LogP contribution in [0.2, 0.25) is 10.0 Å². The molecule has 1 heterocycles. The molecule has 1 aliphatic heterocycles. The molecule has 3 aromatic carbocycles. The largest absolute Gasteiger partial charge is 0.497 e. The number of benzene rings is 3. The number of likely N-dealkylation sites (N-methyl/N-ethyl adjacent to an activating group) is 1. The fourth-order valence-corrected chi connectivity index (χ4v) is 5.16. The molecule has 0 saturated carbocycles. The Bertz CT molecular complexity index is 1190. The van der Waals surface area contributed by atoms with E-state index in [0.29, 0.717) is 21.7 Å². The van der Waals surface area contributed by atoms with E-state index in [2.05, 4.69) is 0 Å². The molecule has 0 amide bonds. The number of hydrogen-bond donors (Lipinski definition) is 0. The number of thiocarbonyl (C=S) groups is 1. The molecule has 0 radical (unpaired) electrons. The molecule has 0 aliphatic carbocycles. The van der Waals surface area contributed by atoms with Gasteiger partial charge >= 0.3 is 5.97 Å². The maximum atomic E-state index is 13.7. The Hall–Kier alpha value is -2.80. The van der Waals surface area contributed by atoms with Crippen LogP contribution in [-0.2, 0) is 21.6 Å². The molecule has 4 rings (SSSR count). The topological polar surface area (TPSA) is 42.0 Å². The number of nitrogens with zero attached hydrogens (tertiary/aromatic N) is 2. The van der Waals surface area contributed by atoms with Crippen molar-refractivity contribution in [1.29, 1.82) is 0 Å². The standard InChI is InChI=1S/C26H24Cl2N2O3S/c1-29-25(34)30(16-17-4-14-22(32-2)15-5-17)23(18-6-10-20(27)11-7-18)26(29,24(31)33-3)19-8-12-21(28)13-9-19/h4-15,23H,16H2,1-3H3/t23-,26+/m1/s1. The number of halogens is 2. The van der Waals surface area contributed by atoms with Gasteiger partial charge in [0.1, 0.15) is 5.75 Å². The average molecular weight is 515 g/mol. The number of hydrogen-bond acceptors (Lipinski definition) is 4. The number of methoxy groups -OCH3 is 2. The van der Waals surface area contributed by atoms with Crippen molar-refractivity contribution in [3.05, 3.63) is 99.5 Å². The van der Waals surface area contributed by atoms with Crippen molar-refractivity contribution < 1.29 is 14.3 Å². The molecule has 0 bridgehead atoms. The van der Waals surface area contributed by atoms with Crippen LogP contribution in [0.1, 0.15) is 22.7 Å². The van der Waals surface area contributed by atoms with E-state index in [1.54, 1.807) is 19.2 Å². The summed E-state index contributed by atoms with van der Waals surface area (Å²) in [5, 5.41) is 1.70. The molecule has 3 aromatic rings. The van der Waals surface area contributed by atoms with Gasteiger partial charge in [0.25, 0.3) is 0 Å². The fourth-order valence-electron chi connectivity index (χ4n) is 4.59. The van der Waals surface area contributed by atoms with Crippen molar-refractivity contribution >= 4 is 46.5 Å². The summed E-state index contributed by atoms with van der Waals surface area (Å²) in [5.74, 6) is 0.348. The van der Waals surface area contributed by atoms with Gasteiger partial charge in [0.2, 0.25) is 0 Å². The summed E-state index contributed by atoms with van der Waals surface area (Å²) < 4.78 is 10.7. The highest BCUT2D eigenvalue weighted by atomic mass is 35.5. The average Bonchev–Trinajstić information content (AvgIpc) is 3.07. The third-order valence-electron chi connectivity index (χ3n) is 6.25. The van der Waals surface area contributed by atoms with Gasteiger partial charge in [-0.15, -0.1) is 0 Å². The summed E-state index contributed by atoms with van der Waals surface area (Å²) in [4.78, 5) is 17.6. The monoisotopic (exact) mass is 514 g/mol. The second kappa shape index (κ2) is 9.82. The first-order valence-corrected chi connectivity index (χ1v) is 11.8. The summed E-state index contributed by atoms with van der Waals surface area (Å²) in [6.45, 7) is 0.479. The molecule has 0 spiro atoms. The number of ether oxygens (including phenoxy) is 2. The first-order chi connectivity index (χ1) is 16.3. The number of carbonyl (C=O) groups is 1. The lowest BCUT2D eigenvalue weighted by Crippen LogP contribution is -2.50. The number of carbonyl (C=O) groups excluding carboxylic acids is 1. The van der Waals surface area contributed by atoms with Crippen molar-refractivity contribution in [2.75, 3.05) is 21.3 Å². The van der Waals surface area contributed by atoms with Crippen LogP contribution >= 0.6 is 35.4 Å². The van der Waals surface area contributed by atoms with Crippen molar-refractivity contribution in [2.24, 2.45) is 0 Å². The van der Waals surface area contributed by atoms with Gasteiger partial charge in [-0.1, -0.05) is 59.6 Å². The molecule has 0 aromatic heterocycles. The molecular formula is C26H24Cl2N2O3S. The Labute approximate surface area is 214 Å². The summed E-state index contributed by atoms with van der Waals surface area (Å²) >= 11 is 18.3. The van der Waals surface area contributed by atoms with Gasteiger partial charge in [0, 0.05) is 23.6 Å². The second-order valence-electron chi connectivity index (χ2n) is 8.04. The van der Waals surface area contributed by atoms with E-state index < -0.39 is 17.6 Å². The smallest absolute Gasteiger partial charge is 0.339 e. The van der Waals surface area contributed by atoms with E-state index in [1.165, 1.54) is 7.11 Å². The summed E-state index contributed by atoms with van der Waals surface area (Å²) in [7, 11) is 4.85. The lowest BCUT2D eigenvalue weighted by molar-refractivity contribution is -0.154. The van der Waals surface area contributed by atoms with Crippen molar-refractivity contribution in [1.82, 2.24) is 9.80 Å². The zero-order chi connectivity index (χ0) is 24.5. The maximum absolute atomic E-state index is 13.7. The van der Waals surface area contributed by atoms with Gasteiger partial charge in [-0.3, -0.25) is 0 Å². The molecule has 1 fully saturated rings. The maximum Gasteiger partial charge on any atom is 0.339 e. The van der Waals surface area contributed by atoms with Crippen LogP contribution in [0.15, 0.2) is 72.8 Å². The van der Waals surface area contributed by atoms with Crippen LogP contribution in [0.3, 0.4) is 0 Å². The van der Waals surface area contributed by atoms with Gasteiger partial charge < -0.3 is 19.3 Å². The van der Waals surface area contributed by atoms with Crippen LogP contribution in [0.5, 0.6) is 5.75 Å². The van der Waals surface area contributed by atoms with Crippen LogP contribution in [0.25, 0.3) is 0 Å². The molecule has 8 heteroatoms. The normalized spacial score (nSPS) is 19.9. The Morgan fingerprint density at radius 2 is 1.50 bits per heavy atom. The highest BCUT2D eigenvalue weighted by Gasteiger charge is 2.61. The number of rotatable bonds is 6. The molecule has 0 N–H and O–H groups in total. The van der Waals surface area contributed by atoms with Crippen molar-refractivity contribution in [2.45, 2.75) is 18.1 Å². The predicted octanol–water partition coefficient (Wildman–Crippen LogP) is 5.84. The van der Waals surface area contributed by atoms with Crippen LogP contribution in [0.4, 0.5) is 0 Å². The van der Waals surface area contributed by atoms with E-state index in [4.69, 9.17) is 44.9 Å². The van der Waals surface area contributed by atoms with E-state index >= 15 is 0 Å². The van der Waals surface area contributed by atoms with E-state index in [1.807, 2.05) is 77.5 Å². The van der Waals surface area contributed by atoms with Gasteiger partial charge in [0.15, 0.2) is 10.7 Å². The van der Waals surface area contributed by atoms with Gasteiger partial charge in [-0.05, 0) is 65.3 Å². The Morgan fingerprint density at radius 1 is 0.941 bits per heavy atom. The SMILES string of the molecule is COC(=O)[C@]1(c2ccc(Cl)cc2)[C@@H](c2ccc(Cl)cc2)N(Cc2ccc(OC)cc2)C(=S)N1C. The van der Waals surface area contributed by atoms with Crippen LogP contribution in [-0.4, -0.2) is 42.1 Å². The highest BCUT2D eigenvalue weighted by molar-refractivity contribution is 7.80. The minimum absolute atomic E-state index is 0.420. The van der Waals surface area contributed by atoms with E-state index in [9.17, 15) is 4.79 Å². The highest BCUT2D eigenvalue weighted by Crippen LogP contribution is 2.51. The zero-order valence-electron chi connectivity index (χ0n) is 19.0. The third-order valence-corrected chi connectivity index (χ3v) is 7.26. The number of esters is 1. The minimum atomic E-state index is -1.24. The Morgan fingerprint density at radius 3 is 2.03 bits per heavy atom. The minimum Gasteiger partial charge on any atom is -0.497 e. The first kappa shape index (κ1) is 24.3. The van der Waals surface area contributed by atoms with Crippen molar-refractivity contribution in [3.63, 3.8) is 0 Å². The summed E-state index contributed by atoms with van der Waals surface area (Å²) in [6.07, 6.45) is 0. The van der Waals surface area contributed by atoms with Gasteiger partial charge in [-0.2, -0.15) is 0 Å². The Kier molecular flexibility index (Phi) is 7.03. The quantitative estimate of drug-likeness (QED) is 0.303. The van der Waals surface area contributed by atoms with E-state index in [-0.39, 0.29) is 0 Å². The fraction of sp³-hybridized carbons (Fsp3) is 0.231. The molecule has 2 atom stereocenters. The molecular weight excluding hydrogens is 491 g/mol. The molecule has 176 valence electrons. The summed E-state index contributed by atoms with van der Waals surface area (Å²) in [6, 6.07) is 22.0. The van der Waals surface area contributed by atoms with Gasteiger partial charge in [0.05, 0.1) is 20.3 Å². The summed E-state index contributed by atoms with van der Waals surface area (Å²) in [5.41, 5.74) is 1.39. The van der Waals surface area contributed by atoms with Crippen LogP contribution < -0.4 is 4.74 Å². The molecule has 0 unspecified atom stereocenters.